The first-order chi connectivity index (χ1) is 13.4. The SMILES string of the molecule is CCC[C@H](N)C(=O)N[C@@H](c1ccc(-c2ccc(S(C)(=O)=O)cc2)cc1)C(F)(F)F. The maximum absolute atomic E-state index is 13.5. The minimum Gasteiger partial charge on any atom is -0.339 e. The van der Waals surface area contributed by atoms with Gasteiger partial charge in [-0.3, -0.25) is 4.79 Å². The molecule has 1 amide bonds. The van der Waals surface area contributed by atoms with Crippen molar-refractivity contribution in [3.05, 3.63) is 54.1 Å². The van der Waals surface area contributed by atoms with Gasteiger partial charge in [0.25, 0.3) is 0 Å². The van der Waals surface area contributed by atoms with Crippen molar-refractivity contribution in [2.24, 2.45) is 5.73 Å². The first kappa shape index (κ1) is 22.9. The third kappa shape index (κ3) is 6.04. The molecule has 0 spiro atoms. The van der Waals surface area contributed by atoms with E-state index in [-0.39, 0.29) is 10.5 Å². The average Bonchev–Trinajstić information content (AvgIpc) is 2.65. The van der Waals surface area contributed by atoms with Crippen LogP contribution in [0.5, 0.6) is 0 Å². The summed E-state index contributed by atoms with van der Waals surface area (Å²) in [6.45, 7) is 1.79. The van der Waals surface area contributed by atoms with E-state index < -0.39 is 34.0 Å². The maximum atomic E-state index is 13.5. The molecule has 2 aromatic rings. The second-order valence-electron chi connectivity index (χ2n) is 6.80. The Hall–Kier alpha value is -2.39. The summed E-state index contributed by atoms with van der Waals surface area (Å²) in [6, 6.07) is 8.41. The quantitative estimate of drug-likeness (QED) is 0.705. The molecule has 2 aromatic carbocycles. The molecule has 158 valence electrons. The Bertz CT molecular complexity index is 940. The van der Waals surface area contributed by atoms with Crippen molar-refractivity contribution < 1.29 is 26.4 Å². The van der Waals surface area contributed by atoms with E-state index in [0.717, 1.165) is 6.26 Å². The maximum Gasteiger partial charge on any atom is 0.412 e. The Balaban J connectivity index is 2.26. The highest BCUT2D eigenvalue weighted by atomic mass is 32.2. The minimum atomic E-state index is -4.68. The normalized spacial score (nSPS) is 14.3. The molecule has 0 fully saturated rings. The number of hydrogen-bond donors (Lipinski definition) is 2. The predicted octanol–water partition coefficient (Wildman–Crippen LogP) is 3.60. The molecule has 29 heavy (non-hydrogen) atoms. The number of hydrogen-bond acceptors (Lipinski definition) is 4. The van der Waals surface area contributed by atoms with Crippen molar-refractivity contribution >= 4 is 15.7 Å². The first-order valence-electron chi connectivity index (χ1n) is 8.96. The summed E-state index contributed by atoms with van der Waals surface area (Å²) in [4.78, 5) is 12.1. The van der Waals surface area contributed by atoms with Crippen molar-refractivity contribution in [3.63, 3.8) is 0 Å². The van der Waals surface area contributed by atoms with E-state index in [0.29, 0.717) is 24.0 Å². The average molecular weight is 428 g/mol. The fourth-order valence-corrected chi connectivity index (χ4v) is 3.44. The number of halogens is 3. The topological polar surface area (TPSA) is 89.3 Å². The van der Waals surface area contributed by atoms with Crippen LogP contribution < -0.4 is 11.1 Å². The lowest BCUT2D eigenvalue weighted by Gasteiger charge is -2.24. The molecule has 5 nitrogen and oxygen atoms in total. The smallest absolute Gasteiger partial charge is 0.339 e. The fourth-order valence-electron chi connectivity index (χ4n) is 2.81. The molecular weight excluding hydrogens is 405 g/mol. The summed E-state index contributed by atoms with van der Waals surface area (Å²) >= 11 is 0. The predicted molar refractivity (Wildman–Crippen MR) is 105 cm³/mol. The van der Waals surface area contributed by atoms with Crippen molar-refractivity contribution in [2.75, 3.05) is 6.26 Å². The molecule has 0 aliphatic heterocycles. The number of nitrogens with one attached hydrogen (secondary N) is 1. The Morgan fingerprint density at radius 3 is 1.93 bits per heavy atom. The van der Waals surface area contributed by atoms with E-state index in [2.05, 4.69) is 0 Å². The number of benzene rings is 2. The molecule has 9 heteroatoms. The summed E-state index contributed by atoms with van der Waals surface area (Å²) in [6.07, 6.45) is -2.72. The lowest BCUT2D eigenvalue weighted by Crippen LogP contribution is -2.46. The van der Waals surface area contributed by atoms with Crippen molar-refractivity contribution in [2.45, 2.75) is 42.9 Å². The number of alkyl halides is 3. The zero-order valence-electron chi connectivity index (χ0n) is 16.0. The van der Waals surface area contributed by atoms with Gasteiger partial charge in [-0.2, -0.15) is 13.2 Å². The molecule has 0 bridgehead atoms. The summed E-state index contributed by atoms with van der Waals surface area (Å²) < 4.78 is 63.5. The third-order valence-corrected chi connectivity index (χ3v) is 5.54. The Morgan fingerprint density at radius 1 is 1.03 bits per heavy atom. The Morgan fingerprint density at radius 2 is 1.52 bits per heavy atom. The molecule has 0 heterocycles. The van der Waals surface area contributed by atoms with Crippen LogP contribution in [0.4, 0.5) is 13.2 Å². The highest BCUT2D eigenvalue weighted by Crippen LogP contribution is 2.34. The van der Waals surface area contributed by atoms with Crippen LogP contribution in [-0.2, 0) is 14.6 Å². The number of sulfone groups is 1. The number of carbonyl (C=O) groups is 1. The third-order valence-electron chi connectivity index (χ3n) is 4.41. The number of amides is 1. The summed E-state index contributed by atoms with van der Waals surface area (Å²) in [5, 5.41) is 1.99. The molecule has 0 radical (unpaired) electrons. The van der Waals surface area contributed by atoms with Crippen LogP contribution in [0.2, 0.25) is 0 Å². The Labute approximate surface area is 168 Å². The van der Waals surface area contributed by atoms with Gasteiger partial charge in [-0.05, 0) is 35.2 Å². The molecule has 0 aromatic heterocycles. The summed E-state index contributed by atoms with van der Waals surface area (Å²) in [7, 11) is -3.33. The second-order valence-corrected chi connectivity index (χ2v) is 8.81. The standard InChI is InChI=1S/C20H23F3N2O3S/c1-3-4-17(24)19(26)25-18(20(21,22)23)15-7-5-13(6-8-15)14-9-11-16(12-10-14)29(2,27)28/h5-12,17-18H,3-4,24H2,1-2H3,(H,25,26)/t17-,18-/m0/s1. The number of carbonyl (C=O) groups excluding carboxylic acids is 1. The first-order valence-corrected chi connectivity index (χ1v) is 10.9. The monoisotopic (exact) mass is 428 g/mol. The molecule has 2 rings (SSSR count). The summed E-state index contributed by atoms with van der Waals surface area (Å²) in [5.74, 6) is -0.852. The minimum absolute atomic E-state index is 0.119. The molecular formula is C20H23F3N2O3S. The highest BCUT2D eigenvalue weighted by molar-refractivity contribution is 7.90. The van der Waals surface area contributed by atoms with Crippen LogP contribution in [-0.4, -0.2) is 32.8 Å². The fraction of sp³-hybridized carbons (Fsp3) is 0.350. The van der Waals surface area contributed by atoms with Gasteiger partial charge in [-0.1, -0.05) is 49.7 Å². The van der Waals surface area contributed by atoms with E-state index in [1.54, 1.807) is 19.1 Å². The van der Waals surface area contributed by atoms with Gasteiger partial charge < -0.3 is 11.1 Å². The highest BCUT2D eigenvalue weighted by Gasteiger charge is 2.42. The molecule has 0 saturated heterocycles. The zero-order chi connectivity index (χ0) is 21.8. The van der Waals surface area contributed by atoms with Gasteiger partial charge in [-0.15, -0.1) is 0 Å². The van der Waals surface area contributed by atoms with Crippen LogP contribution in [0.15, 0.2) is 53.4 Å². The van der Waals surface area contributed by atoms with Crippen LogP contribution in [0.3, 0.4) is 0 Å². The summed E-state index contributed by atoms with van der Waals surface area (Å²) in [5.41, 5.74) is 6.77. The van der Waals surface area contributed by atoms with Crippen LogP contribution >= 0.6 is 0 Å². The van der Waals surface area contributed by atoms with Gasteiger partial charge in [0.05, 0.1) is 10.9 Å². The van der Waals surface area contributed by atoms with Crippen molar-refractivity contribution in [1.82, 2.24) is 5.32 Å². The Kier molecular flexibility index (Phi) is 7.07. The van der Waals surface area contributed by atoms with Gasteiger partial charge in [0.1, 0.15) is 0 Å². The largest absolute Gasteiger partial charge is 0.412 e. The number of rotatable bonds is 7. The van der Waals surface area contributed by atoms with Gasteiger partial charge in [-0.25, -0.2) is 8.42 Å². The molecule has 0 saturated carbocycles. The van der Waals surface area contributed by atoms with Crippen molar-refractivity contribution in [1.29, 1.82) is 0 Å². The second kappa shape index (κ2) is 8.96. The molecule has 3 N–H and O–H groups in total. The van der Waals surface area contributed by atoms with E-state index in [1.807, 2.05) is 5.32 Å². The molecule has 0 aliphatic rings. The van der Waals surface area contributed by atoms with Crippen LogP contribution in [0.1, 0.15) is 31.4 Å². The lowest BCUT2D eigenvalue weighted by molar-refractivity contribution is -0.163. The zero-order valence-corrected chi connectivity index (χ0v) is 16.8. The van der Waals surface area contributed by atoms with Crippen molar-refractivity contribution in [3.8, 4) is 11.1 Å². The molecule has 0 unspecified atom stereocenters. The lowest BCUT2D eigenvalue weighted by atomic mass is 10.00. The molecule has 2 atom stereocenters. The van der Waals surface area contributed by atoms with Crippen LogP contribution in [0, 0.1) is 0 Å². The molecule has 0 aliphatic carbocycles. The van der Waals surface area contributed by atoms with Gasteiger partial charge in [0.2, 0.25) is 5.91 Å². The number of nitrogens with two attached hydrogens (primary N) is 1. The van der Waals surface area contributed by atoms with Gasteiger partial charge >= 0.3 is 6.18 Å². The van der Waals surface area contributed by atoms with Gasteiger partial charge in [0, 0.05) is 6.26 Å². The van der Waals surface area contributed by atoms with E-state index in [1.165, 1.54) is 36.4 Å². The van der Waals surface area contributed by atoms with E-state index in [4.69, 9.17) is 5.73 Å². The van der Waals surface area contributed by atoms with Crippen LogP contribution in [0.25, 0.3) is 11.1 Å². The van der Waals surface area contributed by atoms with E-state index in [9.17, 15) is 26.4 Å². The van der Waals surface area contributed by atoms with Gasteiger partial charge in [0.15, 0.2) is 15.9 Å². The van der Waals surface area contributed by atoms with E-state index >= 15 is 0 Å².